The molecule has 1 N–H and O–H groups in total. The minimum Gasteiger partial charge on any atom is -0.478 e. The highest BCUT2D eigenvalue weighted by Gasteiger charge is 2.39. The third-order valence-electron chi connectivity index (χ3n) is 3.46. The molecule has 0 spiro atoms. The first-order valence-electron chi connectivity index (χ1n) is 6.80. The predicted molar refractivity (Wildman–Crippen MR) is 79.8 cm³/mol. The fourth-order valence-electron chi connectivity index (χ4n) is 2.11. The van der Waals surface area contributed by atoms with Crippen LogP contribution >= 0.6 is 0 Å². The van der Waals surface area contributed by atoms with Gasteiger partial charge in [-0.3, -0.25) is 0 Å². The van der Waals surface area contributed by atoms with Crippen molar-refractivity contribution in [2.75, 3.05) is 26.8 Å². The van der Waals surface area contributed by atoms with E-state index < -0.39 is 5.97 Å². The number of hydrogen-bond donors (Lipinski definition) is 1. The standard InChI is InChI=1S/C15H24N2O3/c1-5-12(2)9-16-13(8-14(18)19)17-10-15(3,11-17)6-7-20-4/h8-9H,2,5-7,10-11H2,1,3-4H3,(H,18,19)/b13-8-,16-9?. The smallest absolute Gasteiger partial charge is 0.332 e. The van der Waals surface area contributed by atoms with Crippen LogP contribution in [0, 0.1) is 5.41 Å². The largest absolute Gasteiger partial charge is 0.478 e. The van der Waals surface area contributed by atoms with Gasteiger partial charge in [0.05, 0.1) is 6.08 Å². The van der Waals surface area contributed by atoms with E-state index in [1.54, 1.807) is 13.3 Å². The van der Waals surface area contributed by atoms with E-state index in [-0.39, 0.29) is 5.41 Å². The summed E-state index contributed by atoms with van der Waals surface area (Å²) < 4.78 is 5.10. The number of rotatable bonds is 8. The number of aliphatic imine (C=N–C) groups is 1. The number of ether oxygens (including phenoxy) is 1. The van der Waals surface area contributed by atoms with Crippen molar-refractivity contribution in [2.45, 2.75) is 26.7 Å². The summed E-state index contributed by atoms with van der Waals surface area (Å²) in [6.07, 6.45) is 4.55. The molecule has 0 atom stereocenters. The first kappa shape index (κ1) is 16.4. The zero-order chi connectivity index (χ0) is 15.2. The van der Waals surface area contributed by atoms with E-state index in [4.69, 9.17) is 9.84 Å². The Bertz CT molecular complexity index is 421. The minimum atomic E-state index is -0.982. The minimum absolute atomic E-state index is 0.172. The van der Waals surface area contributed by atoms with Crippen molar-refractivity contribution in [3.05, 3.63) is 24.0 Å². The number of carboxylic acid groups (broad SMARTS) is 1. The van der Waals surface area contributed by atoms with E-state index in [0.29, 0.717) is 5.82 Å². The Hall–Kier alpha value is -1.62. The van der Waals surface area contributed by atoms with Crippen LogP contribution in [0.15, 0.2) is 29.0 Å². The number of aliphatic carboxylic acids is 1. The maximum Gasteiger partial charge on any atom is 0.332 e. The van der Waals surface area contributed by atoms with Crippen molar-refractivity contribution >= 4 is 12.2 Å². The lowest BCUT2D eigenvalue weighted by Crippen LogP contribution is -2.54. The number of allylic oxidation sites excluding steroid dienone is 1. The van der Waals surface area contributed by atoms with E-state index in [9.17, 15) is 4.79 Å². The van der Waals surface area contributed by atoms with Gasteiger partial charge in [-0.15, -0.1) is 0 Å². The van der Waals surface area contributed by atoms with Crippen LogP contribution in [0.25, 0.3) is 0 Å². The van der Waals surface area contributed by atoms with Crippen molar-refractivity contribution in [3.63, 3.8) is 0 Å². The molecule has 20 heavy (non-hydrogen) atoms. The topological polar surface area (TPSA) is 62.1 Å². The van der Waals surface area contributed by atoms with Gasteiger partial charge in [-0.1, -0.05) is 20.4 Å². The highest BCUT2D eigenvalue weighted by Crippen LogP contribution is 2.36. The molecule has 112 valence electrons. The highest BCUT2D eigenvalue weighted by atomic mass is 16.5. The molecule has 0 aromatic rings. The van der Waals surface area contributed by atoms with Crippen LogP contribution in [0.1, 0.15) is 26.7 Å². The van der Waals surface area contributed by atoms with E-state index in [1.807, 2.05) is 11.8 Å². The van der Waals surface area contributed by atoms with Gasteiger partial charge >= 0.3 is 5.97 Å². The van der Waals surface area contributed by atoms with Gasteiger partial charge in [0, 0.05) is 38.4 Å². The number of carboxylic acids is 1. The summed E-state index contributed by atoms with van der Waals surface area (Å²) in [5.74, 6) is -0.494. The van der Waals surface area contributed by atoms with Gasteiger partial charge in [-0.05, 0) is 18.4 Å². The monoisotopic (exact) mass is 280 g/mol. The van der Waals surface area contributed by atoms with Crippen LogP contribution in [0.3, 0.4) is 0 Å². The van der Waals surface area contributed by atoms with Gasteiger partial charge < -0.3 is 14.7 Å². The zero-order valence-corrected chi connectivity index (χ0v) is 12.6. The molecule has 5 heteroatoms. The fraction of sp³-hybridized carbons (Fsp3) is 0.600. The molecule has 0 saturated carbocycles. The average Bonchev–Trinajstić information content (AvgIpc) is 2.37. The number of nitrogens with zero attached hydrogens (tertiary/aromatic N) is 2. The molecule has 1 aliphatic rings. The van der Waals surface area contributed by atoms with Gasteiger partial charge in [0.1, 0.15) is 5.82 Å². The van der Waals surface area contributed by atoms with Crippen LogP contribution in [-0.2, 0) is 9.53 Å². The first-order valence-corrected chi connectivity index (χ1v) is 6.80. The van der Waals surface area contributed by atoms with Gasteiger partial charge in [0.25, 0.3) is 0 Å². The van der Waals surface area contributed by atoms with Crippen molar-refractivity contribution in [1.82, 2.24) is 4.90 Å². The normalized spacial score (nSPS) is 18.1. The Morgan fingerprint density at radius 3 is 2.70 bits per heavy atom. The summed E-state index contributed by atoms with van der Waals surface area (Å²) in [7, 11) is 1.69. The maximum absolute atomic E-state index is 10.9. The molecule has 5 nitrogen and oxygen atoms in total. The quantitative estimate of drug-likeness (QED) is 0.547. The number of methoxy groups -OCH3 is 1. The van der Waals surface area contributed by atoms with Gasteiger partial charge in [0.15, 0.2) is 0 Å². The van der Waals surface area contributed by atoms with Crippen molar-refractivity contribution in [3.8, 4) is 0 Å². The van der Waals surface area contributed by atoms with Crippen molar-refractivity contribution < 1.29 is 14.6 Å². The van der Waals surface area contributed by atoms with E-state index in [0.717, 1.165) is 44.2 Å². The molecule has 1 aliphatic heterocycles. The van der Waals surface area contributed by atoms with Crippen LogP contribution in [0.5, 0.6) is 0 Å². The van der Waals surface area contributed by atoms with Gasteiger partial charge in [0.2, 0.25) is 0 Å². The summed E-state index contributed by atoms with van der Waals surface area (Å²) in [6.45, 7) is 10.3. The third kappa shape index (κ3) is 4.81. The zero-order valence-electron chi connectivity index (χ0n) is 12.6. The SMILES string of the molecule is C=C(C=N/C(=C/C(=O)O)N1CC(C)(CCOC)C1)CC. The Morgan fingerprint density at radius 1 is 1.55 bits per heavy atom. The van der Waals surface area contributed by atoms with Crippen molar-refractivity contribution in [2.24, 2.45) is 10.4 Å². The van der Waals surface area contributed by atoms with Crippen LogP contribution in [-0.4, -0.2) is 49.0 Å². The molecule has 0 amide bonds. The van der Waals surface area contributed by atoms with Crippen LogP contribution in [0.2, 0.25) is 0 Å². The molecule has 0 radical (unpaired) electrons. The highest BCUT2D eigenvalue weighted by molar-refractivity contribution is 5.82. The number of hydrogen-bond acceptors (Lipinski definition) is 4. The summed E-state index contributed by atoms with van der Waals surface area (Å²) in [5, 5.41) is 8.93. The second-order valence-electron chi connectivity index (χ2n) is 5.52. The molecule has 0 aromatic carbocycles. The molecule has 0 bridgehead atoms. The van der Waals surface area contributed by atoms with Crippen LogP contribution < -0.4 is 0 Å². The van der Waals surface area contributed by atoms with E-state index >= 15 is 0 Å². The molecule has 1 rings (SSSR count). The van der Waals surface area contributed by atoms with Crippen LogP contribution in [0.4, 0.5) is 0 Å². The lowest BCUT2D eigenvalue weighted by Gasteiger charge is -2.49. The Kier molecular flexibility index (Phi) is 5.95. The fourth-order valence-corrected chi connectivity index (χ4v) is 2.11. The third-order valence-corrected chi connectivity index (χ3v) is 3.46. The van der Waals surface area contributed by atoms with E-state index in [2.05, 4.69) is 18.5 Å². The lowest BCUT2D eigenvalue weighted by atomic mass is 9.79. The average molecular weight is 280 g/mol. The van der Waals surface area contributed by atoms with Crippen molar-refractivity contribution in [1.29, 1.82) is 0 Å². The lowest BCUT2D eigenvalue weighted by molar-refractivity contribution is -0.131. The second-order valence-corrected chi connectivity index (χ2v) is 5.52. The molecule has 0 aliphatic carbocycles. The first-order chi connectivity index (χ1) is 9.40. The molecule has 1 heterocycles. The summed E-state index contributed by atoms with van der Waals surface area (Å²) in [4.78, 5) is 17.1. The molecular weight excluding hydrogens is 256 g/mol. The van der Waals surface area contributed by atoms with Gasteiger partial charge in [-0.2, -0.15) is 0 Å². The maximum atomic E-state index is 10.9. The number of carbonyl (C=O) groups is 1. The Labute approximate surface area is 120 Å². The molecule has 1 fully saturated rings. The van der Waals surface area contributed by atoms with Gasteiger partial charge in [-0.25, -0.2) is 9.79 Å². The van der Waals surface area contributed by atoms with E-state index in [1.165, 1.54) is 0 Å². The molecule has 0 unspecified atom stereocenters. The Morgan fingerprint density at radius 2 is 2.20 bits per heavy atom. The number of likely N-dealkylation sites (tertiary alicyclic amines) is 1. The Balaban J connectivity index is 2.67. The second kappa shape index (κ2) is 7.24. The molecule has 1 saturated heterocycles. The molecule has 0 aromatic heterocycles. The summed E-state index contributed by atoms with van der Waals surface area (Å²) in [5.41, 5.74) is 1.05. The predicted octanol–water partition coefficient (Wildman–Crippen LogP) is 2.31. The molecular formula is C15H24N2O3. The summed E-state index contributed by atoms with van der Waals surface area (Å²) in [6, 6.07) is 0. The summed E-state index contributed by atoms with van der Waals surface area (Å²) >= 11 is 0.